The summed E-state index contributed by atoms with van der Waals surface area (Å²) < 4.78 is 27.8. The van der Waals surface area contributed by atoms with E-state index in [-0.39, 0.29) is 65.4 Å². The third kappa shape index (κ3) is 7.98. The zero-order valence-corrected chi connectivity index (χ0v) is 27.4. The number of esters is 2. The van der Waals surface area contributed by atoms with Gasteiger partial charge < -0.3 is 44.5 Å². The number of hydrogen-bond donors (Lipinski definition) is 4. The van der Waals surface area contributed by atoms with Crippen LogP contribution in [0.5, 0.6) is 0 Å². The van der Waals surface area contributed by atoms with Crippen molar-refractivity contribution in [1.29, 1.82) is 0 Å². The second-order valence-corrected chi connectivity index (χ2v) is 13.3. The van der Waals surface area contributed by atoms with Crippen LogP contribution in [0, 0.1) is 5.41 Å². The highest BCUT2D eigenvalue weighted by molar-refractivity contribution is 5.94. The fourth-order valence-corrected chi connectivity index (χ4v) is 6.64. The lowest BCUT2D eigenvalue weighted by atomic mass is 9.62. The monoisotopic (exact) mass is 675 g/mol. The fourth-order valence-electron chi connectivity index (χ4n) is 6.64. The molecular formula is C33H45N3O12. The first-order valence-electron chi connectivity index (χ1n) is 16.2. The first-order valence-corrected chi connectivity index (χ1v) is 16.2. The van der Waals surface area contributed by atoms with Crippen molar-refractivity contribution in [3.05, 3.63) is 41.7 Å². The molecule has 0 aromatic heterocycles. The Labute approximate surface area is 278 Å². The molecule has 0 radical (unpaired) electrons. The van der Waals surface area contributed by atoms with Crippen molar-refractivity contribution in [2.45, 2.75) is 95.1 Å². The van der Waals surface area contributed by atoms with Gasteiger partial charge in [-0.15, -0.1) is 0 Å². The maximum absolute atomic E-state index is 14.1. The summed E-state index contributed by atoms with van der Waals surface area (Å²) in [4.78, 5) is 58.7. The van der Waals surface area contributed by atoms with Gasteiger partial charge in [-0.05, 0) is 44.4 Å². The van der Waals surface area contributed by atoms with Gasteiger partial charge in [0.2, 0.25) is 11.8 Å². The third-order valence-electron chi connectivity index (χ3n) is 8.72. The Morgan fingerprint density at radius 3 is 2.58 bits per heavy atom. The van der Waals surface area contributed by atoms with Gasteiger partial charge in [-0.3, -0.25) is 24.0 Å². The molecule has 1 aromatic rings. The van der Waals surface area contributed by atoms with Crippen LogP contribution >= 0.6 is 0 Å². The molecule has 4 N–H and O–H groups in total. The van der Waals surface area contributed by atoms with E-state index >= 15 is 0 Å². The summed E-state index contributed by atoms with van der Waals surface area (Å²) in [6, 6.07) is 5.72. The molecular weight excluding hydrogens is 630 g/mol. The van der Waals surface area contributed by atoms with Crippen molar-refractivity contribution in [3.63, 3.8) is 0 Å². The average molecular weight is 676 g/mol. The van der Waals surface area contributed by atoms with E-state index in [1.807, 2.05) is 24.3 Å². The molecule has 2 amide bonds. The van der Waals surface area contributed by atoms with Gasteiger partial charge in [-0.1, -0.05) is 24.3 Å². The van der Waals surface area contributed by atoms with Gasteiger partial charge in [0.1, 0.15) is 48.8 Å². The number of hydroxylamine groups is 2. The Morgan fingerprint density at radius 1 is 1.12 bits per heavy atom. The van der Waals surface area contributed by atoms with Gasteiger partial charge >= 0.3 is 11.9 Å². The number of carbonyl (C=O) groups is 4. The zero-order valence-electron chi connectivity index (χ0n) is 27.4. The lowest BCUT2D eigenvalue weighted by Crippen LogP contribution is -2.69. The summed E-state index contributed by atoms with van der Waals surface area (Å²) in [6.07, 6.45) is 0.737. The van der Waals surface area contributed by atoms with E-state index in [0.717, 1.165) is 11.1 Å². The fraction of sp³-hybridized carbons (Fsp3) is 0.636. The lowest BCUT2D eigenvalue weighted by Gasteiger charge is -2.48. The van der Waals surface area contributed by atoms with E-state index in [0.29, 0.717) is 0 Å². The smallest absolute Gasteiger partial charge is 0.327 e. The van der Waals surface area contributed by atoms with Gasteiger partial charge in [0.25, 0.3) is 0 Å². The summed E-state index contributed by atoms with van der Waals surface area (Å²) in [5, 5.41) is 25.6. The normalized spacial score (nSPS) is 28.4. The summed E-state index contributed by atoms with van der Waals surface area (Å²) in [7, 11) is 0. The number of aliphatic hydroxyl groups excluding tert-OH is 2. The number of rotatable bonds is 15. The number of aliphatic hydroxyl groups is 2. The number of hydrogen-bond acceptors (Lipinski definition) is 13. The van der Waals surface area contributed by atoms with Crippen LogP contribution in [-0.2, 0) is 54.2 Å². The highest BCUT2D eigenvalue weighted by atomic mass is 16.8. The molecule has 264 valence electrons. The molecule has 0 spiro atoms. The zero-order chi connectivity index (χ0) is 34.5. The first kappa shape index (κ1) is 35.7. The largest absolute Gasteiger partial charge is 0.499 e. The van der Waals surface area contributed by atoms with Gasteiger partial charge in [0, 0.05) is 25.8 Å². The van der Waals surface area contributed by atoms with Crippen molar-refractivity contribution < 1.29 is 57.9 Å². The van der Waals surface area contributed by atoms with Crippen LogP contribution in [0.15, 0.2) is 30.5 Å². The molecule has 2 bridgehead atoms. The highest BCUT2D eigenvalue weighted by Crippen LogP contribution is 2.55. The van der Waals surface area contributed by atoms with Crippen LogP contribution in [0.25, 0.3) is 6.08 Å². The minimum absolute atomic E-state index is 0.0219. The predicted molar refractivity (Wildman–Crippen MR) is 166 cm³/mol. The molecule has 4 aliphatic rings. The molecule has 15 heteroatoms. The molecule has 1 aromatic carbocycles. The number of carbonyl (C=O) groups excluding carboxylic acids is 4. The predicted octanol–water partition coefficient (Wildman–Crippen LogP) is 0.313. The number of nitrogens with zero attached hydrogens (tertiary/aromatic N) is 1. The van der Waals surface area contributed by atoms with Crippen LogP contribution in [0.3, 0.4) is 0 Å². The number of amides is 2. The van der Waals surface area contributed by atoms with Crippen LogP contribution < -0.4 is 10.6 Å². The number of benzene rings is 1. The van der Waals surface area contributed by atoms with Gasteiger partial charge in [-0.25, -0.2) is 0 Å². The van der Waals surface area contributed by atoms with E-state index in [1.165, 1.54) is 11.3 Å². The Bertz CT molecular complexity index is 1350. The Morgan fingerprint density at radius 2 is 1.88 bits per heavy atom. The molecule has 1 saturated carbocycles. The molecule has 4 fully saturated rings. The van der Waals surface area contributed by atoms with Crippen LogP contribution in [0.4, 0.5) is 0 Å². The quantitative estimate of drug-likeness (QED) is 0.113. The lowest BCUT2D eigenvalue weighted by molar-refractivity contribution is -0.201. The van der Waals surface area contributed by atoms with Gasteiger partial charge in [0.15, 0.2) is 6.04 Å². The average Bonchev–Trinajstić information content (AvgIpc) is 3.66. The minimum Gasteiger partial charge on any atom is -0.499 e. The van der Waals surface area contributed by atoms with Gasteiger partial charge in [0.05, 0.1) is 32.1 Å². The second-order valence-electron chi connectivity index (χ2n) is 13.3. The Balaban J connectivity index is 1.23. The summed E-state index contributed by atoms with van der Waals surface area (Å²) in [5.41, 5.74) is -0.325. The molecule has 3 aliphatic heterocycles. The van der Waals surface area contributed by atoms with Crippen molar-refractivity contribution in [3.8, 4) is 0 Å². The van der Waals surface area contributed by atoms with E-state index in [9.17, 15) is 24.3 Å². The molecule has 5 rings (SSSR count). The van der Waals surface area contributed by atoms with Crippen molar-refractivity contribution in [1.82, 2.24) is 15.7 Å². The standard InChI is InChI=1S/C33H45N3O12/c1-32(2,3)47-25(40)9-8-22(18-38)35-24(39)10-12-34-31(42)33-16-23-26-27(45-19-44-26)29(33)48-36(28(33)30(41)46-23)17-21-6-4-20(5-7-21)11-14-43-15-13-37/h4-7,11,14,22-23,26-29,37-38H,8-10,12-13,15-19H2,1-3H3,(H,34,42)(H,35,39)/t22-,23+,26-,27-,28-,29+,33-/m0/s1. The SMILES string of the molecule is CC(C)(C)OC(=O)CC[C@@H](CO)NC(=O)CCNC(=O)[C@@]12C[C@H]3OC(=O)[C@@H]1N(Cc1ccc(C=COCCO)cc1)O[C@@H]2[C@H]1OCO[C@H]13. The molecule has 48 heavy (non-hydrogen) atoms. The summed E-state index contributed by atoms with van der Waals surface area (Å²) >= 11 is 0. The number of ether oxygens (including phenoxy) is 5. The molecule has 3 saturated heterocycles. The third-order valence-corrected chi connectivity index (χ3v) is 8.72. The van der Waals surface area contributed by atoms with Crippen LogP contribution in [0.1, 0.15) is 57.6 Å². The maximum Gasteiger partial charge on any atom is 0.327 e. The molecule has 0 unspecified atom stereocenters. The molecule has 15 nitrogen and oxygen atoms in total. The second kappa shape index (κ2) is 15.3. The minimum atomic E-state index is -1.36. The van der Waals surface area contributed by atoms with Crippen LogP contribution in [-0.4, -0.2) is 114 Å². The van der Waals surface area contributed by atoms with Gasteiger partial charge in [-0.2, -0.15) is 5.06 Å². The maximum atomic E-state index is 14.1. The first-order chi connectivity index (χ1) is 22.9. The Kier molecular flexibility index (Phi) is 11.4. The van der Waals surface area contributed by atoms with E-state index in [4.69, 9.17) is 33.6 Å². The van der Waals surface area contributed by atoms with Crippen molar-refractivity contribution in [2.24, 2.45) is 5.41 Å². The molecule has 3 heterocycles. The molecule has 1 aliphatic carbocycles. The summed E-state index contributed by atoms with van der Waals surface area (Å²) in [6.45, 7) is 5.12. The van der Waals surface area contributed by atoms with E-state index < -0.39 is 71.3 Å². The van der Waals surface area contributed by atoms with Crippen molar-refractivity contribution >= 4 is 29.8 Å². The molecule has 7 atom stereocenters. The van der Waals surface area contributed by atoms with Crippen LogP contribution in [0.2, 0.25) is 0 Å². The number of fused-ring (bicyclic) bond motifs is 4. The van der Waals surface area contributed by atoms with Crippen molar-refractivity contribution in [2.75, 3.05) is 33.2 Å². The van der Waals surface area contributed by atoms with E-state index in [2.05, 4.69) is 10.6 Å². The van der Waals surface area contributed by atoms with E-state index in [1.54, 1.807) is 26.8 Å². The highest BCUT2D eigenvalue weighted by Gasteiger charge is 2.74. The topological polar surface area (TPSA) is 191 Å². The Hall–Kier alpha value is -3.60. The summed E-state index contributed by atoms with van der Waals surface area (Å²) in [5.74, 6) is -1.92. The number of nitrogens with one attached hydrogen (secondary N) is 2.